The number of carbonyl (C=O) groups excluding carboxylic acids is 1. The molecule has 1 aliphatic heterocycles. The maximum atomic E-state index is 12.3. The van der Waals surface area contributed by atoms with Crippen LogP contribution in [-0.4, -0.2) is 48.7 Å². The summed E-state index contributed by atoms with van der Waals surface area (Å²) in [4.78, 5) is 19.2. The molecule has 1 aliphatic rings. The molecule has 4 rings (SSSR count). The van der Waals surface area contributed by atoms with Gasteiger partial charge in [0.2, 0.25) is 5.91 Å². The summed E-state index contributed by atoms with van der Waals surface area (Å²) in [5, 5.41) is 4.11. The second kappa shape index (κ2) is 10.2. The van der Waals surface area contributed by atoms with Crippen molar-refractivity contribution in [1.29, 1.82) is 0 Å². The van der Waals surface area contributed by atoms with E-state index in [9.17, 15) is 4.79 Å². The SMILES string of the molecule is O=C(CCCOc1ccccc1Cl)Nc1nc2ccc(CN3CCOCC3)cc2s1. The standard InChI is InChI=1S/C22H24ClN3O3S/c23-17-4-1-2-5-19(17)29-11-3-6-21(27)25-22-24-18-8-7-16(14-20(18)30-22)15-26-9-12-28-13-10-26/h1-2,4-5,7-8,14H,3,6,9-13,15H2,(H,24,25,27). The molecule has 158 valence electrons. The van der Waals surface area contributed by atoms with Gasteiger partial charge in [0.1, 0.15) is 5.75 Å². The van der Waals surface area contributed by atoms with E-state index < -0.39 is 0 Å². The number of aromatic nitrogens is 1. The van der Waals surface area contributed by atoms with Crippen LogP contribution >= 0.6 is 22.9 Å². The van der Waals surface area contributed by atoms with Gasteiger partial charge in [0.05, 0.1) is 35.1 Å². The smallest absolute Gasteiger partial charge is 0.226 e. The number of morpholine rings is 1. The lowest BCUT2D eigenvalue weighted by atomic mass is 10.2. The minimum atomic E-state index is -0.0645. The van der Waals surface area contributed by atoms with Gasteiger partial charge in [-0.3, -0.25) is 9.69 Å². The zero-order valence-corrected chi connectivity index (χ0v) is 18.2. The molecule has 8 heteroatoms. The Morgan fingerprint density at radius 1 is 1.23 bits per heavy atom. The summed E-state index contributed by atoms with van der Waals surface area (Å²) in [7, 11) is 0. The summed E-state index contributed by atoms with van der Waals surface area (Å²) in [5.41, 5.74) is 2.16. The van der Waals surface area contributed by atoms with E-state index in [1.165, 1.54) is 16.9 Å². The van der Waals surface area contributed by atoms with E-state index in [4.69, 9.17) is 21.1 Å². The number of para-hydroxylation sites is 1. The fraction of sp³-hybridized carbons (Fsp3) is 0.364. The van der Waals surface area contributed by atoms with Crippen molar-refractivity contribution < 1.29 is 14.3 Å². The van der Waals surface area contributed by atoms with Crippen molar-refractivity contribution >= 4 is 44.2 Å². The Kier molecular flexibility index (Phi) is 7.17. The molecule has 2 aromatic carbocycles. The van der Waals surface area contributed by atoms with E-state index in [-0.39, 0.29) is 5.91 Å². The van der Waals surface area contributed by atoms with Crippen molar-refractivity contribution in [1.82, 2.24) is 9.88 Å². The lowest BCUT2D eigenvalue weighted by Gasteiger charge is -2.26. The van der Waals surface area contributed by atoms with Crippen molar-refractivity contribution in [3.05, 3.63) is 53.1 Å². The first-order valence-corrected chi connectivity index (χ1v) is 11.2. The second-order valence-corrected chi connectivity index (χ2v) is 8.58. The number of hydrogen-bond acceptors (Lipinski definition) is 6. The highest BCUT2D eigenvalue weighted by Gasteiger charge is 2.13. The van der Waals surface area contributed by atoms with Crippen LogP contribution in [0.1, 0.15) is 18.4 Å². The van der Waals surface area contributed by atoms with Gasteiger partial charge in [-0.25, -0.2) is 4.98 Å². The quantitative estimate of drug-likeness (QED) is 0.514. The van der Waals surface area contributed by atoms with Gasteiger partial charge < -0.3 is 14.8 Å². The number of anilines is 1. The second-order valence-electron chi connectivity index (χ2n) is 7.14. The molecule has 0 unspecified atom stereocenters. The van der Waals surface area contributed by atoms with Gasteiger partial charge >= 0.3 is 0 Å². The van der Waals surface area contributed by atoms with Gasteiger partial charge in [0.15, 0.2) is 5.13 Å². The fourth-order valence-electron chi connectivity index (χ4n) is 3.30. The fourth-order valence-corrected chi connectivity index (χ4v) is 4.43. The highest BCUT2D eigenvalue weighted by molar-refractivity contribution is 7.22. The maximum absolute atomic E-state index is 12.3. The van der Waals surface area contributed by atoms with Crippen LogP contribution in [0.25, 0.3) is 10.2 Å². The predicted octanol–water partition coefficient (Wildman–Crippen LogP) is 4.58. The third kappa shape index (κ3) is 5.70. The van der Waals surface area contributed by atoms with Crippen LogP contribution in [0, 0.1) is 0 Å². The molecule has 0 aliphatic carbocycles. The molecule has 0 saturated carbocycles. The lowest BCUT2D eigenvalue weighted by Crippen LogP contribution is -2.35. The van der Waals surface area contributed by atoms with Crippen LogP contribution in [-0.2, 0) is 16.1 Å². The first-order chi connectivity index (χ1) is 14.7. The maximum Gasteiger partial charge on any atom is 0.226 e. The Morgan fingerprint density at radius 2 is 2.07 bits per heavy atom. The van der Waals surface area contributed by atoms with Crippen LogP contribution in [0.15, 0.2) is 42.5 Å². The molecule has 3 aromatic rings. The van der Waals surface area contributed by atoms with Gasteiger partial charge in [0.25, 0.3) is 0 Å². The predicted molar refractivity (Wildman–Crippen MR) is 121 cm³/mol. The highest BCUT2D eigenvalue weighted by atomic mass is 35.5. The topological polar surface area (TPSA) is 63.7 Å². The Morgan fingerprint density at radius 3 is 2.90 bits per heavy atom. The van der Waals surface area contributed by atoms with E-state index >= 15 is 0 Å². The summed E-state index contributed by atoms with van der Waals surface area (Å²) in [6, 6.07) is 13.6. The zero-order chi connectivity index (χ0) is 20.8. The summed E-state index contributed by atoms with van der Waals surface area (Å²) < 4.78 is 12.1. The van der Waals surface area contributed by atoms with Crippen LogP contribution in [0.2, 0.25) is 5.02 Å². The first-order valence-electron chi connectivity index (χ1n) is 10.0. The molecule has 0 atom stereocenters. The highest BCUT2D eigenvalue weighted by Crippen LogP contribution is 2.28. The molecule has 1 fully saturated rings. The summed E-state index contributed by atoms with van der Waals surface area (Å²) in [6.45, 7) is 4.85. The zero-order valence-electron chi connectivity index (χ0n) is 16.6. The van der Waals surface area contributed by atoms with Crippen LogP contribution in [0.5, 0.6) is 5.75 Å². The number of fused-ring (bicyclic) bond motifs is 1. The molecule has 2 heterocycles. The van der Waals surface area contributed by atoms with Gasteiger partial charge in [-0.2, -0.15) is 0 Å². The summed E-state index contributed by atoms with van der Waals surface area (Å²) in [5.74, 6) is 0.573. The number of ether oxygens (including phenoxy) is 2. The van der Waals surface area contributed by atoms with Gasteiger partial charge in [-0.15, -0.1) is 0 Å². The largest absolute Gasteiger partial charge is 0.492 e. The van der Waals surface area contributed by atoms with E-state index in [0.717, 1.165) is 43.1 Å². The normalized spacial score (nSPS) is 14.7. The average molecular weight is 446 g/mol. The summed E-state index contributed by atoms with van der Waals surface area (Å²) >= 11 is 7.56. The van der Waals surface area contributed by atoms with Crippen LogP contribution in [0.4, 0.5) is 5.13 Å². The Labute approximate surface area is 184 Å². The Hall–Kier alpha value is -2.19. The van der Waals surface area contributed by atoms with Crippen molar-refractivity contribution in [3.8, 4) is 5.75 Å². The molecule has 1 saturated heterocycles. The van der Waals surface area contributed by atoms with Gasteiger partial charge in [-0.05, 0) is 36.2 Å². The van der Waals surface area contributed by atoms with E-state index in [2.05, 4.69) is 27.3 Å². The molecular weight excluding hydrogens is 422 g/mol. The van der Waals surface area contributed by atoms with Crippen molar-refractivity contribution in [2.45, 2.75) is 19.4 Å². The first kappa shape index (κ1) is 21.1. The number of nitrogens with zero attached hydrogens (tertiary/aromatic N) is 2. The van der Waals surface area contributed by atoms with Crippen LogP contribution < -0.4 is 10.1 Å². The summed E-state index contributed by atoms with van der Waals surface area (Å²) in [6.07, 6.45) is 0.967. The molecule has 1 amide bonds. The number of rotatable bonds is 8. The number of thiazole rings is 1. The van der Waals surface area contributed by atoms with Crippen molar-refractivity contribution in [2.75, 3.05) is 38.2 Å². The molecule has 0 radical (unpaired) electrons. The van der Waals surface area contributed by atoms with E-state index in [1.807, 2.05) is 24.3 Å². The van der Waals surface area contributed by atoms with Crippen molar-refractivity contribution in [3.63, 3.8) is 0 Å². The Balaban J connectivity index is 1.26. The number of nitrogens with one attached hydrogen (secondary N) is 1. The number of amides is 1. The Bertz CT molecular complexity index is 1000. The molecule has 0 spiro atoms. The minimum Gasteiger partial charge on any atom is -0.492 e. The average Bonchev–Trinajstić information content (AvgIpc) is 3.14. The van der Waals surface area contributed by atoms with E-state index in [1.54, 1.807) is 6.07 Å². The van der Waals surface area contributed by atoms with Crippen LogP contribution in [0.3, 0.4) is 0 Å². The molecule has 1 N–H and O–H groups in total. The monoisotopic (exact) mass is 445 g/mol. The van der Waals surface area contributed by atoms with Gasteiger partial charge in [0, 0.05) is 26.1 Å². The number of carbonyl (C=O) groups is 1. The molecule has 6 nitrogen and oxygen atoms in total. The minimum absolute atomic E-state index is 0.0645. The number of hydrogen-bond donors (Lipinski definition) is 1. The molecule has 30 heavy (non-hydrogen) atoms. The molecule has 1 aromatic heterocycles. The number of halogens is 1. The molecular formula is C22H24ClN3O3S. The molecule has 0 bridgehead atoms. The van der Waals surface area contributed by atoms with E-state index in [0.29, 0.717) is 35.4 Å². The number of benzene rings is 2. The third-order valence-electron chi connectivity index (χ3n) is 4.85. The third-order valence-corrected chi connectivity index (χ3v) is 6.10. The van der Waals surface area contributed by atoms with Gasteiger partial charge in [-0.1, -0.05) is 41.1 Å². The lowest BCUT2D eigenvalue weighted by molar-refractivity contribution is -0.116. The van der Waals surface area contributed by atoms with Crippen molar-refractivity contribution in [2.24, 2.45) is 0 Å².